The van der Waals surface area contributed by atoms with E-state index in [1.165, 1.54) is 0 Å². The van der Waals surface area contributed by atoms with Crippen molar-refractivity contribution in [2.75, 3.05) is 7.11 Å². The number of benzene rings is 2. The van der Waals surface area contributed by atoms with Gasteiger partial charge in [-0.15, -0.1) is 0 Å². The van der Waals surface area contributed by atoms with E-state index in [0.29, 0.717) is 13.2 Å². The summed E-state index contributed by atoms with van der Waals surface area (Å²) in [4.78, 5) is 0. The number of nitrogens with two attached hydrogens (primary N) is 1. The number of rotatable bonds is 7. The van der Waals surface area contributed by atoms with Crippen molar-refractivity contribution < 1.29 is 18.9 Å². The van der Waals surface area contributed by atoms with Gasteiger partial charge in [0.05, 0.1) is 25.4 Å². The van der Waals surface area contributed by atoms with Crippen LogP contribution in [-0.4, -0.2) is 37.8 Å². The first kappa shape index (κ1) is 19.0. The van der Waals surface area contributed by atoms with Crippen molar-refractivity contribution in [2.24, 2.45) is 5.73 Å². The van der Waals surface area contributed by atoms with Gasteiger partial charge in [0.25, 0.3) is 0 Å². The van der Waals surface area contributed by atoms with Gasteiger partial charge in [0, 0.05) is 7.11 Å². The molecule has 1 aliphatic heterocycles. The normalized spacial score (nSPS) is 28.8. The van der Waals surface area contributed by atoms with Gasteiger partial charge in [0.2, 0.25) is 0 Å². The van der Waals surface area contributed by atoms with E-state index in [1.807, 2.05) is 67.6 Å². The lowest BCUT2D eigenvalue weighted by Crippen LogP contribution is -2.62. The molecule has 2 aromatic rings. The van der Waals surface area contributed by atoms with E-state index in [2.05, 4.69) is 0 Å². The van der Waals surface area contributed by atoms with Crippen molar-refractivity contribution in [3.63, 3.8) is 0 Å². The third-order valence-corrected chi connectivity index (χ3v) is 4.64. The lowest BCUT2D eigenvalue weighted by molar-refractivity contribution is -0.278. The summed E-state index contributed by atoms with van der Waals surface area (Å²) in [6, 6.07) is 19.7. The molecule has 3 unspecified atom stereocenters. The molecule has 5 nitrogen and oxygen atoms in total. The SMILES string of the molecule is CO[C@@H]1OC(C)[C@@H](OCc2ccccc2)C(N)C1OCc1ccccc1. The van der Waals surface area contributed by atoms with Crippen molar-refractivity contribution >= 4 is 0 Å². The lowest BCUT2D eigenvalue weighted by atomic mass is 9.97. The molecule has 1 heterocycles. The predicted molar refractivity (Wildman–Crippen MR) is 99.4 cm³/mol. The molecule has 1 fully saturated rings. The van der Waals surface area contributed by atoms with Gasteiger partial charge in [0.1, 0.15) is 12.2 Å². The Kier molecular flexibility index (Phi) is 6.77. The van der Waals surface area contributed by atoms with Gasteiger partial charge in [0.15, 0.2) is 6.29 Å². The van der Waals surface area contributed by atoms with Crippen LogP contribution in [-0.2, 0) is 32.2 Å². The fourth-order valence-corrected chi connectivity index (χ4v) is 3.21. The Balaban J connectivity index is 1.64. The average molecular weight is 357 g/mol. The third-order valence-electron chi connectivity index (χ3n) is 4.64. The number of hydrogen-bond donors (Lipinski definition) is 1. The molecular weight excluding hydrogens is 330 g/mol. The summed E-state index contributed by atoms with van der Waals surface area (Å²) < 4.78 is 23.6. The van der Waals surface area contributed by atoms with Crippen LogP contribution in [0.5, 0.6) is 0 Å². The van der Waals surface area contributed by atoms with E-state index in [9.17, 15) is 0 Å². The Hall–Kier alpha value is -1.76. The van der Waals surface area contributed by atoms with Crippen molar-refractivity contribution in [2.45, 2.75) is 50.8 Å². The highest BCUT2D eigenvalue weighted by Gasteiger charge is 2.44. The van der Waals surface area contributed by atoms with Gasteiger partial charge in [-0.3, -0.25) is 0 Å². The van der Waals surface area contributed by atoms with Crippen molar-refractivity contribution in [1.29, 1.82) is 0 Å². The van der Waals surface area contributed by atoms with Crippen LogP contribution in [0.25, 0.3) is 0 Å². The molecular formula is C21H27NO4. The maximum Gasteiger partial charge on any atom is 0.185 e. The molecule has 1 aliphatic rings. The molecule has 0 bridgehead atoms. The summed E-state index contributed by atoms with van der Waals surface area (Å²) in [5, 5.41) is 0. The molecule has 0 saturated carbocycles. The molecule has 5 heteroatoms. The molecule has 1 saturated heterocycles. The summed E-state index contributed by atoms with van der Waals surface area (Å²) in [6.07, 6.45) is -1.38. The molecule has 2 aromatic carbocycles. The van der Waals surface area contributed by atoms with Crippen LogP contribution in [0.2, 0.25) is 0 Å². The molecule has 5 atom stereocenters. The monoisotopic (exact) mass is 357 g/mol. The number of ether oxygens (including phenoxy) is 4. The summed E-state index contributed by atoms with van der Waals surface area (Å²) >= 11 is 0. The first-order valence-corrected chi connectivity index (χ1v) is 8.94. The van der Waals surface area contributed by atoms with Gasteiger partial charge < -0.3 is 24.7 Å². The fraction of sp³-hybridized carbons (Fsp3) is 0.429. The minimum atomic E-state index is -0.514. The molecule has 0 spiro atoms. The topological polar surface area (TPSA) is 62.9 Å². The van der Waals surface area contributed by atoms with Crippen molar-refractivity contribution in [3.05, 3.63) is 71.8 Å². The standard InChI is InChI=1S/C21H27NO4/c1-15-19(24-13-16-9-5-3-6-10-16)18(22)20(21(23-2)26-15)25-14-17-11-7-4-8-12-17/h3-12,15,18-21H,13-14,22H2,1-2H3/t15?,18?,19-,20?,21-/m1/s1. The number of hydrogen-bond acceptors (Lipinski definition) is 5. The van der Waals surface area contributed by atoms with Gasteiger partial charge in [-0.25, -0.2) is 0 Å². The van der Waals surface area contributed by atoms with E-state index in [0.717, 1.165) is 11.1 Å². The largest absolute Gasteiger partial charge is 0.369 e. The quantitative estimate of drug-likeness (QED) is 0.826. The fourth-order valence-electron chi connectivity index (χ4n) is 3.21. The van der Waals surface area contributed by atoms with Crippen molar-refractivity contribution in [3.8, 4) is 0 Å². The average Bonchev–Trinajstić information content (AvgIpc) is 2.68. The molecule has 0 radical (unpaired) electrons. The lowest BCUT2D eigenvalue weighted by Gasteiger charge is -2.43. The molecule has 0 aromatic heterocycles. The van der Waals surface area contributed by atoms with E-state index in [-0.39, 0.29) is 18.2 Å². The zero-order chi connectivity index (χ0) is 18.4. The first-order chi connectivity index (χ1) is 12.7. The van der Waals surface area contributed by atoms with Crippen LogP contribution in [0.3, 0.4) is 0 Å². The smallest absolute Gasteiger partial charge is 0.185 e. The highest BCUT2D eigenvalue weighted by atomic mass is 16.7. The van der Waals surface area contributed by atoms with Crippen LogP contribution < -0.4 is 5.73 Å². The molecule has 0 amide bonds. The molecule has 26 heavy (non-hydrogen) atoms. The molecule has 140 valence electrons. The maximum absolute atomic E-state index is 6.50. The van der Waals surface area contributed by atoms with Crippen molar-refractivity contribution in [1.82, 2.24) is 0 Å². The van der Waals surface area contributed by atoms with E-state index >= 15 is 0 Å². The zero-order valence-corrected chi connectivity index (χ0v) is 15.3. The van der Waals surface area contributed by atoms with Crippen LogP contribution in [0.1, 0.15) is 18.1 Å². The molecule has 2 N–H and O–H groups in total. The zero-order valence-electron chi connectivity index (χ0n) is 15.3. The second-order valence-electron chi connectivity index (χ2n) is 6.55. The van der Waals surface area contributed by atoms with Gasteiger partial charge >= 0.3 is 0 Å². The predicted octanol–water partition coefficient (Wildman–Crippen LogP) is 2.88. The van der Waals surface area contributed by atoms with Crippen LogP contribution in [0.4, 0.5) is 0 Å². The van der Waals surface area contributed by atoms with Gasteiger partial charge in [-0.05, 0) is 18.1 Å². The van der Waals surface area contributed by atoms with E-state index < -0.39 is 12.4 Å². The number of methoxy groups -OCH3 is 1. The van der Waals surface area contributed by atoms with E-state index in [1.54, 1.807) is 7.11 Å². The minimum absolute atomic E-state index is 0.185. The minimum Gasteiger partial charge on any atom is -0.369 e. The first-order valence-electron chi connectivity index (χ1n) is 8.94. The Morgan fingerprint density at radius 3 is 1.85 bits per heavy atom. The maximum atomic E-state index is 6.50. The second kappa shape index (κ2) is 9.26. The van der Waals surface area contributed by atoms with Gasteiger partial charge in [-0.1, -0.05) is 60.7 Å². The van der Waals surface area contributed by atoms with E-state index in [4.69, 9.17) is 24.7 Å². The highest BCUT2D eigenvalue weighted by Crippen LogP contribution is 2.26. The summed E-state index contributed by atoms with van der Waals surface area (Å²) in [5.74, 6) is 0. The summed E-state index contributed by atoms with van der Waals surface area (Å²) in [5.41, 5.74) is 8.68. The second-order valence-corrected chi connectivity index (χ2v) is 6.55. The van der Waals surface area contributed by atoms with Crippen LogP contribution in [0.15, 0.2) is 60.7 Å². The highest BCUT2D eigenvalue weighted by molar-refractivity contribution is 5.14. The Labute approximate surface area is 155 Å². The molecule has 3 rings (SSSR count). The Bertz CT molecular complexity index is 652. The summed E-state index contributed by atoms with van der Waals surface area (Å²) in [6.45, 7) is 2.88. The molecule has 0 aliphatic carbocycles. The Morgan fingerprint density at radius 2 is 1.35 bits per heavy atom. The third kappa shape index (κ3) is 4.69. The summed E-state index contributed by atoms with van der Waals surface area (Å²) in [7, 11) is 1.61. The van der Waals surface area contributed by atoms with Gasteiger partial charge in [-0.2, -0.15) is 0 Å². The van der Waals surface area contributed by atoms with Crippen LogP contribution in [0, 0.1) is 0 Å². The Morgan fingerprint density at radius 1 is 0.846 bits per heavy atom. The van der Waals surface area contributed by atoms with Crippen LogP contribution >= 0.6 is 0 Å².